The van der Waals surface area contributed by atoms with Crippen molar-refractivity contribution in [1.29, 1.82) is 0 Å². The fraction of sp³-hybridized carbons (Fsp3) is 0.200. The van der Waals surface area contributed by atoms with Crippen molar-refractivity contribution in [3.63, 3.8) is 0 Å². The summed E-state index contributed by atoms with van der Waals surface area (Å²) in [6.45, 7) is 0. The Morgan fingerprint density at radius 3 is 2.47 bits per heavy atom. The average Bonchev–Trinajstić information content (AvgIpc) is 2.25. The molecule has 4 nitrogen and oxygen atoms in total. The number of carbonyl (C=O) groups is 2. The number of hydrogen-bond donors (Lipinski definition) is 2. The van der Waals surface area contributed by atoms with Gasteiger partial charge in [0.1, 0.15) is 11.9 Å². The number of aliphatic carboxylic acids is 1. The third kappa shape index (κ3) is 4.90. The van der Waals surface area contributed by atoms with Crippen molar-refractivity contribution in [2.24, 2.45) is 0 Å². The lowest BCUT2D eigenvalue weighted by atomic mass is 10.1. The minimum absolute atomic E-state index is 0.115. The Hall–Kier alpha value is -1.50. The van der Waals surface area contributed by atoms with E-state index in [1.807, 2.05) is 0 Å². The Morgan fingerprint density at radius 2 is 2.00 bits per heavy atom. The maximum atomic E-state index is 12.6. The summed E-state index contributed by atoms with van der Waals surface area (Å²) in [4.78, 5) is 22.0. The van der Waals surface area contributed by atoms with Crippen LogP contribution in [0.1, 0.15) is 0 Å². The predicted octanol–water partition coefficient (Wildman–Crippen LogP) is 1.25. The van der Waals surface area contributed by atoms with Gasteiger partial charge in [-0.05, 0) is 24.3 Å². The van der Waals surface area contributed by atoms with E-state index < -0.39 is 17.8 Å². The maximum absolute atomic E-state index is 12.6. The first-order valence-corrected chi connectivity index (χ1v) is 5.64. The number of benzene rings is 1. The Morgan fingerprint density at radius 1 is 1.41 bits per heavy atom. The second-order valence-corrected chi connectivity index (χ2v) is 4.26. The minimum atomic E-state index is -1.17. The van der Waals surface area contributed by atoms with Crippen LogP contribution in [0.3, 0.4) is 0 Å². The number of hydrogen-bond acceptors (Lipinski definition) is 3. The highest BCUT2D eigenvalue weighted by Crippen LogP contribution is 2.18. The third-order valence-electron chi connectivity index (χ3n) is 1.84. The summed E-state index contributed by atoms with van der Waals surface area (Å²) >= 11 is 1.19. The fourth-order valence-electron chi connectivity index (χ4n) is 1.06. The van der Waals surface area contributed by atoms with Crippen molar-refractivity contribution < 1.29 is 19.1 Å². The van der Waals surface area contributed by atoms with E-state index in [-0.39, 0.29) is 11.6 Å². The van der Waals surface area contributed by atoms with E-state index in [2.05, 4.69) is 5.32 Å². The van der Waals surface area contributed by atoms with Gasteiger partial charge in [0, 0.05) is 10.6 Å². The highest BCUT2D eigenvalue weighted by atomic mass is 32.2. The Labute approximate surface area is 103 Å². The summed E-state index contributed by atoms with van der Waals surface area (Å²) in [5.41, 5.74) is 0. The molecular weight excluding hydrogens is 244 g/mol. The zero-order chi connectivity index (χ0) is 12.8. The monoisotopic (exact) mass is 253 g/mol. The smallest absolute Gasteiger partial charge is 0.327 e. The molecule has 0 aliphatic rings. The van der Waals surface area contributed by atoms with E-state index in [1.165, 1.54) is 36.0 Å². The molecule has 1 unspecified atom stereocenters. The molecule has 0 bridgehead atoms. The van der Waals surface area contributed by atoms with Gasteiger partial charge in [-0.25, -0.2) is 9.18 Å². The van der Waals surface area contributed by atoms with E-state index in [0.29, 0.717) is 4.90 Å². The largest absolute Gasteiger partial charge is 0.480 e. The molecule has 1 atom stereocenters. The van der Waals surface area contributed by atoms with E-state index in [4.69, 9.17) is 13.0 Å². The van der Waals surface area contributed by atoms with Crippen LogP contribution in [0, 0.1) is 5.82 Å². The standard InChI is InChI=1S/C10H9BFNO3S/c11-10(16)13-8(9(14)15)5-17-7-3-1-6(12)2-4-7/h1-4,8H,5H2,(H,13,16)(H,14,15). The molecule has 0 saturated carbocycles. The van der Waals surface area contributed by atoms with Gasteiger partial charge >= 0.3 is 5.97 Å². The second kappa shape index (κ2) is 6.29. The molecule has 0 saturated heterocycles. The number of nitrogens with one attached hydrogen (secondary N) is 1. The van der Waals surface area contributed by atoms with Crippen molar-refractivity contribution in [1.82, 2.24) is 5.32 Å². The molecule has 17 heavy (non-hydrogen) atoms. The first kappa shape index (κ1) is 13.6. The zero-order valence-electron chi connectivity index (χ0n) is 8.72. The van der Waals surface area contributed by atoms with Crippen LogP contribution in [-0.4, -0.2) is 36.5 Å². The first-order chi connectivity index (χ1) is 7.99. The molecule has 0 fully saturated rings. The summed E-state index contributed by atoms with van der Waals surface area (Å²) in [5.74, 6) is -2.31. The van der Waals surface area contributed by atoms with Gasteiger partial charge in [0.25, 0.3) is 0 Å². The Kier molecular flexibility index (Phi) is 5.02. The summed E-state index contributed by atoms with van der Waals surface area (Å²) in [6.07, 6.45) is 0. The van der Waals surface area contributed by atoms with Crippen molar-refractivity contribution >= 4 is 31.4 Å². The van der Waals surface area contributed by atoms with Crippen LogP contribution in [-0.2, 0) is 4.79 Å². The molecule has 2 N–H and O–H groups in total. The van der Waals surface area contributed by atoms with Crippen LogP contribution < -0.4 is 5.32 Å². The summed E-state index contributed by atoms with van der Waals surface area (Å²) < 4.78 is 12.6. The molecule has 0 aliphatic carbocycles. The molecular formula is C10H9BFNO3S. The highest BCUT2D eigenvalue weighted by Gasteiger charge is 2.18. The lowest BCUT2D eigenvalue weighted by Crippen LogP contribution is -2.42. The van der Waals surface area contributed by atoms with Crippen LogP contribution in [0.2, 0.25) is 0 Å². The van der Waals surface area contributed by atoms with Gasteiger partial charge < -0.3 is 10.4 Å². The Bertz CT molecular complexity index is 413. The van der Waals surface area contributed by atoms with Gasteiger partial charge in [0.05, 0.1) is 0 Å². The fourth-order valence-corrected chi connectivity index (χ4v) is 1.97. The number of thioether (sulfide) groups is 1. The molecule has 88 valence electrons. The summed E-state index contributed by atoms with van der Waals surface area (Å²) in [5, 5.41) is 10.9. The zero-order valence-corrected chi connectivity index (χ0v) is 9.54. The molecule has 0 spiro atoms. The molecule has 1 aromatic carbocycles. The summed E-state index contributed by atoms with van der Waals surface area (Å²) in [7, 11) is 4.85. The highest BCUT2D eigenvalue weighted by molar-refractivity contribution is 7.99. The normalized spacial score (nSPS) is 11.8. The van der Waals surface area contributed by atoms with Gasteiger partial charge in [-0.1, -0.05) is 0 Å². The van der Waals surface area contributed by atoms with Crippen LogP contribution in [0.15, 0.2) is 29.2 Å². The first-order valence-electron chi connectivity index (χ1n) is 4.66. The average molecular weight is 253 g/mol. The van der Waals surface area contributed by atoms with Crippen LogP contribution in [0.25, 0.3) is 0 Å². The molecule has 0 aromatic heterocycles. The molecule has 1 rings (SSSR count). The number of carboxylic acids is 1. The van der Waals surface area contributed by atoms with Crippen LogP contribution in [0.5, 0.6) is 0 Å². The van der Waals surface area contributed by atoms with E-state index in [0.717, 1.165) is 0 Å². The molecule has 2 radical (unpaired) electrons. The van der Waals surface area contributed by atoms with Crippen molar-refractivity contribution in [2.45, 2.75) is 10.9 Å². The molecule has 1 aromatic rings. The topological polar surface area (TPSA) is 66.4 Å². The number of halogens is 1. The van der Waals surface area contributed by atoms with Gasteiger partial charge in [0.15, 0.2) is 5.81 Å². The van der Waals surface area contributed by atoms with Crippen LogP contribution >= 0.6 is 11.8 Å². The quantitative estimate of drug-likeness (QED) is 0.612. The van der Waals surface area contributed by atoms with E-state index in [1.54, 1.807) is 0 Å². The molecule has 7 heteroatoms. The van der Waals surface area contributed by atoms with Crippen LogP contribution in [0.4, 0.5) is 9.18 Å². The second-order valence-electron chi connectivity index (χ2n) is 3.16. The minimum Gasteiger partial charge on any atom is -0.480 e. The van der Waals surface area contributed by atoms with Crippen molar-refractivity contribution in [3.8, 4) is 0 Å². The number of carbonyl (C=O) groups excluding carboxylic acids is 1. The van der Waals surface area contributed by atoms with Crippen molar-refractivity contribution in [3.05, 3.63) is 30.1 Å². The Balaban J connectivity index is 2.54. The van der Waals surface area contributed by atoms with Gasteiger partial charge in [-0.15, -0.1) is 11.8 Å². The van der Waals surface area contributed by atoms with E-state index in [9.17, 15) is 14.0 Å². The predicted molar refractivity (Wildman–Crippen MR) is 62.8 cm³/mol. The van der Waals surface area contributed by atoms with Gasteiger partial charge in [-0.2, -0.15) is 0 Å². The third-order valence-corrected chi connectivity index (χ3v) is 2.95. The molecule has 0 aliphatic heterocycles. The molecule has 1 amide bonds. The SMILES string of the molecule is [B]C(=O)NC(CSc1ccc(F)cc1)C(=O)O. The number of carboxylic acid groups (broad SMARTS) is 1. The maximum Gasteiger partial charge on any atom is 0.327 e. The lowest BCUT2D eigenvalue weighted by Gasteiger charge is -2.12. The van der Waals surface area contributed by atoms with Gasteiger partial charge in [-0.3, -0.25) is 4.79 Å². The molecule has 0 heterocycles. The summed E-state index contributed by atoms with van der Waals surface area (Å²) in [6, 6.07) is 4.55. The van der Waals surface area contributed by atoms with Gasteiger partial charge in [0.2, 0.25) is 7.85 Å². The van der Waals surface area contributed by atoms with Crippen molar-refractivity contribution in [2.75, 3.05) is 5.75 Å². The van der Waals surface area contributed by atoms with E-state index >= 15 is 0 Å². The number of rotatable bonds is 5. The number of amides is 1. The lowest BCUT2D eigenvalue weighted by molar-refractivity contribution is -0.138.